The highest BCUT2D eigenvalue weighted by Crippen LogP contribution is 2.21. The predicted molar refractivity (Wildman–Crippen MR) is 79.2 cm³/mol. The number of thiocarbonyl (C=S) groups is 1. The Morgan fingerprint density at radius 1 is 1.32 bits per heavy atom. The monoisotopic (exact) mass is 277 g/mol. The summed E-state index contributed by atoms with van der Waals surface area (Å²) in [4.78, 5) is 12.5. The molecule has 0 amide bonds. The molecule has 0 spiro atoms. The largest absolute Gasteiger partial charge is 0.459 e. The van der Waals surface area contributed by atoms with E-state index >= 15 is 0 Å². The van der Waals surface area contributed by atoms with Gasteiger partial charge in [-0.1, -0.05) is 30.8 Å². The third-order valence-electron chi connectivity index (χ3n) is 3.37. The van der Waals surface area contributed by atoms with Crippen LogP contribution in [0.3, 0.4) is 0 Å². The van der Waals surface area contributed by atoms with Crippen molar-refractivity contribution in [1.82, 2.24) is 0 Å². The molecule has 0 saturated heterocycles. The van der Waals surface area contributed by atoms with E-state index in [1.807, 2.05) is 18.2 Å². The zero-order valence-electron chi connectivity index (χ0n) is 10.9. The van der Waals surface area contributed by atoms with E-state index in [1.165, 1.54) is 6.42 Å². The van der Waals surface area contributed by atoms with E-state index in [1.54, 1.807) is 6.07 Å². The average Bonchev–Trinajstić information content (AvgIpc) is 2.39. The van der Waals surface area contributed by atoms with Crippen molar-refractivity contribution in [3.8, 4) is 0 Å². The van der Waals surface area contributed by atoms with E-state index in [4.69, 9.17) is 22.7 Å². The molecule has 0 aromatic heterocycles. The molecular weight excluding hydrogens is 258 g/mol. The van der Waals surface area contributed by atoms with Crippen LogP contribution in [0.4, 0.5) is 0 Å². The number of esters is 1. The van der Waals surface area contributed by atoms with Gasteiger partial charge in [-0.2, -0.15) is 0 Å². The normalized spacial score (nSPS) is 16.0. The molecule has 1 aromatic rings. The van der Waals surface area contributed by atoms with Gasteiger partial charge < -0.3 is 10.5 Å². The first kappa shape index (κ1) is 14.0. The van der Waals surface area contributed by atoms with Crippen LogP contribution >= 0.6 is 12.2 Å². The van der Waals surface area contributed by atoms with Gasteiger partial charge in [0.15, 0.2) is 0 Å². The first-order chi connectivity index (χ1) is 9.15. The number of hydrogen-bond acceptors (Lipinski definition) is 3. The molecule has 102 valence electrons. The second-order valence-corrected chi connectivity index (χ2v) is 5.53. The third kappa shape index (κ3) is 4.31. The number of carbonyl (C=O) groups excluding carboxylic acids is 1. The fourth-order valence-electron chi connectivity index (χ4n) is 2.41. The van der Waals surface area contributed by atoms with Crippen LogP contribution in [0.1, 0.15) is 48.0 Å². The Labute approximate surface area is 119 Å². The van der Waals surface area contributed by atoms with Gasteiger partial charge in [0.05, 0.1) is 10.6 Å². The molecule has 4 heteroatoms. The third-order valence-corrected chi connectivity index (χ3v) is 3.51. The molecule has 0 atom stereocenters. The van der Waals surface area contributed by atoms with Crippen LogP contribution in [0.2, 0.25) is 0 Å². The van der Waals surface area contributed by atoms with E-state index in [9.17, 15) is 4.79 Å². The summed E-state index contributed by atoms with van der Waals surface area (Å²) in [5.74, 6) is -0.239. The van der Waals surface area contributed by atoms with E-state index in [0.29, 0.717) is 17.0 Å². The minimum absolute atomic E-state index is 0.0838. The number of carbonyl (C=O) groups is 1. The van der Waals surface area contributed by atoms with Gasteiger partial charge in [0.2, 0.25) is 0 Å². The summed E-state index contributed by atoms with van der Waals surface area (Å²) in [6.45, 7) is 0. The van der Waals surface area contributed by atoms with Crippen LogP contribution in [-0.4, -0.2) is 17.1 Å². The van der Waals surface area contributed by atoms with Crippen molar-refractivity contribution in [3.05, 3.63) is 35.4 Å². The smallest absolute Gasteiger partial charge is 0.338 e. The van der Waals surface area contributed by atoms with E-state index in [0.717, 1.165) is 31.2 Å². The summed E-state index contributed by atoms with van der Waals surface area (Å²) in [6, 6.07) is 7.33. The van der Waals surface area contributed by atoms with Gasteiger partial charge in [0, 0.05) is 6.42 Å². The molecule has 0 heterocycles. The van der Waals surface area contributed by atoms with Crippen molar-refractivity contribution in [1.29, 1.82) is 0 Å². The van der Waals surface area contributed by atoms with Crippen molar-refractivity contribution in [2.75, 3.05) is 0 Å². The average molecular weight is 277 g/mol. The first-order valence-corrected chi connectivity index (χ1v) is 7.14. The Hall–Kier alpha value is -1.42. The van der Waals surface area contributed by atoms with Crippen LogP contribution in [0.5, 0.6) is 0 Å². The van der Waals surface area contributed by atoms with E-state index < -0.39 is 0 Å². The van der Waals surface area contributed by atoms with Crippen molar-refractivity contribution in [3.63, 3.8) is 0 Å². The summed E-state index contributed by atoms with van der Waals surface area (Å²) >= 11 is 4.88. The highest BCUT2D eigenvalue weighted by molar-refractivity contribution is 7.80. The van der Waals surface area contributed by atoms with Gasteiger partial charge in [-0.05, 0) is 43.4 Å². The minimum Gasteiger partial charge on any atom is -0.459 e. The molecule has 1 aliphatic rings. The SMILES string of the molecule is NC(=S)Cc1cccc(C(=O)OC2CCCCC2)c1. The van der Waals surface area contributed by atoms with Crippen molar-refractivity contribution >= 4 is 23.2 Å². The standard InChI is InChI=1S/C15H19NO2S/c16-14(19)10-11-5-4-6-12(9-11)15(17)18-13-7-2-1-3-8-13/h4-6,9,13H,1-3,7-8,10H2,(H2,16,19). The molecule has 2 rings (SSSR count). The predicted octanol–water partition coefficient (Wildman–Crippen LogP) is 3.00. The Kier molecular flexibility index (Phi) is 4.91. The molecule has 3 nitrogen and oxygen atoms in total. The lowest BCUT2D eigenvalue weighted by molar-refractivity contribution is 0.0211. The van der Waals surface area contributed by atoms with Crippen LogP contribution in [0, 0.1) is 0 Å². The lowest BCUT2D eigenvalue weighted by Crippen LogP contribution is -2.21. The number of benzene rings is 1. The van der Waals surface area contributed by atoms with Crippen molar-refractivity contribution < 1.29 is 9.53 Å². The molecular formula is C15H19NO2S. The zero-order chi connectivity index (χ0) is 13.7. The maximum Gasteiger partial charge on any atom is 0.338 e. The van der Waals surface area contributed by atoms with E-state index in [-0.39, 0.29) is 12.1 Å². The summed E-state index contributed by atoms with van der Waals surface area (Å²) < 4.78 is 5.53. The molecule has 0 bridgehead atoms. The lowest BCUT2D eigenvalue weighted by atomic mass is 9.98. The summed E-state index contributed by atoms with van der Waals surface area (Å²) in [6.07, 6.45) is 6.12. The zero-order valence-corrected chi connectivity index (χ0v) is 11.7. The number of rotatable bonds is 4. The molecule has 1 aromatic carbocycles. The Morgan fingerprint density at radius 2 is 2.05 bits per heavy atom. The minimum atomic E-state index is -0.239. The Bertz CT molecular complexity index is 467. The molecule has 0 radical (unpaired) electrons. The summed E-state index contributed by atoms with van der Waals surface area (Å²) in [7, 11) is 0. The number of ether oxygens (including phenoxy) is 1. The van der Waals surface area contributed by atoms with Crippen molar-refractivity contribution in [2.45, 2.75) is 44.6 Å². The maximum atomic E-state index is 12.1. The van der Waals surface area contributed by atoms with Crippen LogP contribution < -0.4 is 5.73 Å². The topological polar surface area (TPSA) is 52.3 Å². The van der Waals surface area contributed by atoms with Crippen LogP contribution in [0.15, 0.2) is 24.3 Å². The second-order valence-electron chi connectivity index (χ2n) is 5.01. The van der Waals surface area contributed by atoms with Crippen LogP contribution in [0.25, 0.3) is 0 Å². The lowest BCUT2D eigenvalue weighted by Gasteiger charge is -2.21. The fourth-order valence-corrected chi connectivity index (χ4v) is 2.58. The Morgan fingerprint density at radius 3 is 2.74 bits per heavy atom. The molecule has 2 N–H and O–H groups in total. The first-order valence-electron chi connectivity index (χ1n) is 6.73. The molecule has 1 aliphatic carbocycles. The van der Waals surface area contributed by atoms with Gasteiger partial charge >= 0.3 is 5.97 Å². The molecule has 19 heavy (non-hydrogen) atoms. The van der Waals surface area contributed by atoms with Crippen LogP contribution in [-0.2, 0) is 11.2 Å². The maximum absolute atomic E-state index is 12.1. The molecule has 1 fully saturated rings. The number of nitrogens with two attached hydrogens (primary N) is 1. The van der Waals surface area contributed by atoms with E-state index in [2.05, 4.69) is 0 Å². The molecule has 0 unspecified atom stereocenters. The summed E-state index contributed by atoms with van der Waals surface area (Å²) in [5, 5.41) is 0. The number of hydrogen-bond donors (Lipinski definition) is 1. The quantitative estimate of drug-likeness (QED) is 0.679. The molecule has 1 saturated carbocycles. The summed E-state index contributed by atoms with van der Waals surface area (Å²) in [5.41, 5.74) is 7.05. The Balaban J connectivity index is 1.99. The van der Waals surface area contributed by atoms with Crippen molar-refractivity contribution in [2.24, 2.45) is 5.73 Å². The van der Waals surface area contributed by atoms with Gasteiger partial charge in [-0.15, -0.1) is 0 Å². The molecule has 0 aliphatic heterocycles. The van der Waals surface area contributed by atoms with Gasteiger partial charge in [0.25, 0.3) is 0 Å². The second kappa shape index (κ2) is 6.66. The highest BCUT2D eigenvalue weighted by Gasteiger charge is 2.18. The van der Waals surface area contributed by atoms with Gasteiger partial charge in [-0.3, -0.25) is 0 Å². The highest BCUT2D eigenvalue weighted by atomic mass is 32.1. The van der Waals surface area contributed by atoms with Gasteiger partial charge in [-0.25, -0.2) is 4.79 Å². The van der Waals surface area contributed by atoms with Gasteiger partial charge in [0.1, 0.15) is 6.10 Å². The fraction of sp³-hybridized carbons (Fsp3) is 0.467.